The summed E-state index contributed by atoms with van der Waals surface area (Å²) in [6.45, 7) is 1.72. The first-order valence-electron chi connectivity index (χ1n) is 5.30. The van der Waals surface area contributed by atoms with Gasteiger partial charge in [0.05, 0.1) is 0 Å². The SMILES string of the molecule is Cc1c(O)cccc1Oc1cc(C(N)=O)ccn1. The van der Waals surface area contributed by atoms with Crippen LogP contribution in [0.2, 0.25) is 0 Å². The van der Waals surface area contributed by atoms with Crippen LogP contribution < -0.4 is 10.5 Å². The number of rotatable bonds is 3. The van der Waals surface area contributed by atoms with E-state index < -0.39 is 5.91 Å². The summed E-state index contributed by atoms with van der Waals surface area (Å²) in [7, 11) is 0. The summed E-state index contributed by atoms with van der Waals surface area (Å²) in [5.41, 5.74) is 6.09. The van der Waals surface area contributed by atoms with Gasteiger partial charge in [0.1, 0.15) is 11.5 Å². The fraction of sp³-hybridized carbons (Fsp3) is 0.0769. The third-order valence-corrected chi connectivity index (χ3v) is 2.49. The number of phenolic OH excluding ortho intramolecular Hbond substituents is 1. The number of carbonyl (C=O) groups excluding carboxylic acids is 1. The summed E-state index contributed by atoms with van der Waals surface area (Å²) in [5.74, 6) is 0.317. The lowest BCUT2D eigenvalue weighted by atomic mass is 10.2. The van der Waals surface area contributed by atoms with E-state index in [0.717, 1.165) is 0 Å². The molecule has 0 aliphatic carbocycles. The number of pyridine rings is 1. The Bertz CT molecular complexity index is 597. The lowest BCUT2D eigenvalue weighted by Gasteiger charge is -2.09. The molecule has 0 aliphatic rings. The van der Waals surface area contributed by atoms with Gasteiger partial charge in [0.15, 0.2) is 0 Å². The van der Waals surface area contributed by atoms with Gasteiger partial charge in [0.2, 0.25) is 11.8 Å². The predicted molar refractivity (Wildman–Crippen MR) is 65.7 cm³/mol. The zero-order valence-electron chi connectivity index (χ0n) is 9.75. The van der Waals surface area contributed by atoms with Crippen molar-refractivity contribution >= 4 is 5.91 Å². The zero-order valence-corrected chi connectivity index (χ0v) is 9.75. The highest BCUT2D eigenvalue weighted by Gasteiger charge is 2.07. The number of aromatic nitrogens is 1. The van der Waals surface area contributed by atoms with Crippen molar-refractivity contribution in [2.24, 2.45) is 5.73 Å². The second-order valence-electron chi connectivity index (χ2n) is 3.75. The lowest BCUT2D eigenvalue weighted by molar-refractivity contribution is 0.1000. The van der Waals surface area contributed by atoms with Crippen molar-refractivity contribution in [3.05, 3.63) is 47.7 Å². The smallest absolute Gasteiger partial charge is 0.248 e. The van der Waals surface area contributed by atoms with E-state index in [4.69, 9.17) is 10.5 Å². The Balaban J connectivity index is 2.31. The van der Waals surface area contributed by atoms with Crippen molar-refractivity contribution in [1.82, 2.24) is 4.98 Å². The molecule has 2 aromatic rings. The highest BCUT2D eigenvalue weighted by molar-refractivity contribution is 5.92. The Labute approximate surface area is 104 Å². The molecule has 1 heterocycles. The van der Waals surface area contributed by atoms with Crippen LogP contribution in [0.4, 0.5) is 0 Å². The standard InChI is InChI=1S/C13H12N2O3/c1-8-10(16)3-2-4-11(8)18-12-7-9(13(14)17)5-6-15-12/h2-7,16H,1H3,(H2,14,17). The van der Waals surface area contributed by atoms with Gasteiger partial charge >= 0.3 is 0 Å². The molecule has 0 radical (unpaired) electrons. The number of nitrogens with two attached hydrogens (primary N) is 1. The van der Waals surface area contributed by atoms with Gasteiger partial charge in [-0.1, -0.05) is 6.07 Å². The molecule has 0 saturated heterocycles. The molecule has 0 saturated carbocycles. The second-order valence-corrected chi connectivity index (χ2v) is 3.75. The van der Waals surface area contributed by atoms with Crippen molar-refractivity contribution < 1.29 is 14.6 Å². The van der Waals surface area contributed by atoms with Crippen LogP contribution in [-0.2, 0) is 0 Å². The van der Waals surface area contributed by atoms with Crippen molar-refractivity contribution in [3.63, 3.8) is 0 Å². The Morgan fingerprint density at radius 3 is 2.89 bits per heavy atom. The molecule has 1 aromatic carbocycles. The molecule has 5 nitrogen and oxygen atoms in total. The molecule has 1 amide bonds. The van der Waals surface area contributed by atoms with Crippen LogP contribution in [0.3, 0.4) is 0 Å². The summed E-state index contributed by atoms with van der Waals surface area (Å²) >= 11 is 0. The van der Waals surface area contributed by atoms with Gasteiger partial charge in [0, 0.05) is 23.4 Å². The topological polar surface area (TPSA) is 85.4 Å². The molecule has 0 bridgehead atoms. The van der Waals surface area contributed by atoms with E-state index in [9.17, 15) is 9.90 Å². The number of hydrogen-bond donors (Lipinski definition) is 2. The second kappa shape index (κ2) is 4.75. The molecule has 92 valence electrons. The number of aromatic hydroxyl groups is 1. The average molecular weight is 244 g/mol. The van der Waals surface area contributed by atoms with Crippen LogP contribution >= 0.6 is 0 Å². The molecule has 5 heteroatoms. The van der Waals surface area contributed by atoms with Gasteiger partial charge in [-0.3, -0.25) is 4.79 Å². The molecule has 0 atom stereocenters. The Morgan fingerprint density at radius 1 is 1.39 bits per heavy atom. The van der Waals surface area contributed by atoms with E-state index in [1.807, 2.05) is 0 Å². The first-order valence-corrected chi connectivity index (χ1v) is 5.30. The summed E-state index contributed by atoms with van der Waals surface area (Å²) in [4.78, 5) is 15.0. The molecule has 1 aromatic heterocycles. The highest BCUT2D eigenvalue weighted by Crippen LogP contribution is 2.29. The minimum absolute atomic E-state index is 0.138. The van der Waals surface area contributed by atoms with E-state index in [0.29, 0.717) is 16.9 Å². The van der Waals surface area contributed by atoms with Crippen LogP contribution in [0.1, 0.15) is 15.9 Å². The van der Waals surface area contributed by atoms with Crippen molar-refractivity contribution in [1.29, 1.82) is 0 Å². The predicted octanol–water partition coefficient (Wildman–Crippen LogP) is 1.99. The van der Waals surface area contributed by atoms with Crippen LogP contribution in [0, 0.1) is 6.92 Å². The summed E-state index contributed by atoms with van der Waals surface area (Å²) in [6.07, 6.45) is 1.44. The van der Waals surface area contributed by atoms with Gasteiger partial charge in [-0.25, -0.2) is 4.98 Å². The minimum Gasteiger partial charge on any atom is -0.508 e. The van der Waals surface area contributed by atoms with Gasteiger partial charge in [-0.15, -0.1) is 0 Å². The van der Waals surface area contributed by atoms with Crippen LogP contribution in [-0.4, -0.2) is 16.0 Å². The number of nitrogens with zero attached hydrogens (tertiary/aromatic N) is 1. The molecule has 0 aliphatic heterocycles. The third-order valence-electron chi connectivity index (χ3n) is 2.49. The van der Waals surface area contributed by atoms with E-state index in [1.165, 1.54) is 18.3 Å². The largest absolute Gasteiger partial charge is 0.508 e. The number of hydrogen-bond acceptors (Lipinski definition) is 4. The molecule has 0 spiro atoms. The minimum atomic E-state index is -0.546. The van der Waals surface area contributed by atoms with Crippen molar-refractivity contribution in [2.75, 3.05) is 0 Å². The quantitative estimate of drug-likeness (QED) is 0.864. The van der Waals surface area contributed by atoms with E-state index in [-0.39, 0.29) is 11.6 Å². The number of phenols is 1. The summed E-state index contributed by atoms with van der Waals surface area (Å²) in [6, 6.07) is 7.88. The normalized spacial score (nSPS) is 10.1. The summed E-state index contributed by atoms with van der Waals surface area (Å²) < 4.78 is 5.50. The maximum absolute atomic E-state index is 11.0. The van der Waals surface area contributed by atoms with Crippen LogP contribution in [0.15, 0.2) is 36.5 Å². The van der Waals surface area contributed by atoms with Crippen LogP contribution in [0.5, 0.6) is 17.4 Å². The van der Waals surface area contributed by atoms with Gasteiger partial charge in [0.25, 0.3) is 0 Å². The number of carbonyl (C=O) groups is 1. The highest BCUT2D eigenvalue weighted by atomic mass is 16.5. The number of amides is 1. The fourth-order valence-corrected chi connectivity index (χ4v) is 1.44. The number of ether oxygens (including phenoxy) is 1. The van der Waals surface area contributed by atoms with Crippen molar-refractivity contribution in [3.8, 4) is 17.4 Å². The molecule has 0 unspecified atom stereocenters. The lowest BCUT2D eigenvalue weighted by Crippen LogP contribution is -2.10. The van der Waals surface area contributed by atoms with E-state index >= 15 is 0 Å². The molecular weight excluding hydrogens is 232 g/mol. The van der Waals surface area contributed by atoms with Gasteiger partial charge in [-0.05, 0) is 25.1 Å². The van der Waals surface area contributed by atoms with Gasteiger partial charge in [-0.2, -0.15) is 0 Å². The Kier molecular flexibility index (Phi) is 3.14. The Morgan fingerprint density at radius 2 is 2.17 bits per heavy atom. The average Bonchev–Trinajstić information content (AvgIpc) is 2.35. The monoisotopic (exact) mass is 244 g/mol. The van der Waals surface area contributed by atoms with Crippen LogP contribution in [0.25, 0.3) is 0 Å². The molecule has 0 fully saturated rings. The van der Waals surface area contributed by atoms with Crippen molar-refractivity contribution in [2.45, 2.75) is 6.92 Å². The maximum Gasteiger partial charge on any atom is 0.248 e. The van der Waals surface area contributed by atoms with Gasteiger partial charge < -0.3 is 15.6 Å². The number of benzene rings is 1. The summed E-state index contributed by atoms with van der Waals surface area (Å²) in [5, 5.41) is 9.55. The zero-order chi connectivity index (χ0) is 13.1. The number of primary amides is 1. The Hall–Kier alpha value is -2.56. The molecular formula is C13H12N2O3. The van der Waals surface area contributed by atoms with E-state index in [1.54, 1.807) is 25.1 Å². The molecule has 3 N–H and O–H groups in total. The third kappa shape index (κ3) is 2.40. The fourth-order valence-electron chi connectivity index (χ4n) is 1.44. The molecule has 2 rings (SSSR count). The molecule has 18 heavy (non-hydrogen) atoms. The first-order chi connectivity index (χ1) is 8.58. The van der Waals surface area contributed by atoms with E-state index in [2.05, 4.69) is 4.98 Å². The first kappa shape index (κ1) is 11.9. The maximum atomic E-state index is 11.0.